The third-order valence-electron chi connectivity index (χ3n) is 2.79. The molecule has 2 aromatic rings. The van der Waals surface area contributed by atoms with Gasteiger partial charge in [-0.05, 0) is 30.3 Å². The van der Waals surface area contributed by atoms with E-state index in [2.05, 4.69) is 0 Å². The summed E-state index contributed by atoms with van der Waals surface area (Å²) in [6, 6.07) is 9.16. The standard InChI is InChI=1S/C15H11FO4/c1-20-11-5-6-12(15(18)19)13(8-11)14(17)9-3-2-4-10(16)7-9/h2-8H,1H3,(H,18,19). The van der Waals surface area contributed by atoms with Crippen LogP contribution in [0.5, 0.6) is 5.75 Å². The Kier molecular flexibility index (Phi) is 3.79. The average molecular weight is 274 g/mol. The zero-order valence-corrected chi connectivity index (χ0v) is 10.6. The maximum atomic E-state index is 13.2. The molecule has 0 fully saturated rings. The highest BCUT2D eigenvalue weighted by Gasteiger charge is 2.19. The van der Waals surface area contributed by atoms with Gasteiger partial charge in [0.1, 0.15) is 11.6 Å². The van der Waals surface area contributed by atoms with E-state index in [1.807, 2.05) is 0 Å². The number of benzene rings is 2. The van der Waals surface area contributed by atoms with Crippen molar-refractivity contribution in [2.75, 3.05) is 7.11 Å². The highest BCUT2D eigenvalue weighted by Crippen LogP contribution is 2.21. The summed E-state index contributed by atoms with van der Waals surface area (Å²) in [6.45, 7) is 0. The molecular formula is C15H11FO4. The maximum Gasteiger partial charge on any atom is 0.336 e. The van der Waals surface area contributed by atoms with E-state index < -0.39 is 17.6 Å². The van der Waals surface area contributed by atoms with Crippen molar-refractivity contribution in [3.63, 3.8) is 0 Å². The van der Waals surface area contributed by atoms with Crippen molar-refractivity contribution < 1.29 is 23.8 Å². The van der Waals surface area contributed by atoms with Crippen molar-refractivity contribution in [1.82, 2.24) is 0 Å². The molecule has 102 valence electrons. The van der Waals surface area contributed by atoms with Gasteiger partial charge in [-0.1, -0.05) is 12.1 Å². The summed E-state index contributed by atoms with van der Waals surface area (Å²) in [6.07, 6.45) is 0. The Morgan fingerprint density at radius 1 is 1.10 bits per heavy atom. The van der Waals surface area contributed by atoms with Crippen molar-refractivity contribution >= 4 is 11.8 Å². The average Bonchev–Trinajstić information content (AvgIpc) is 2.45. The minimum absolute atomic E-state index is 0.0394. The lowest BCUT2D eigenvalue weighted by molar-refractivity contribution is 0.0692. The van der Waals surface area contributed by atoms with E-state index in [1.54, 1.807) is 0 Å². The number of hydrogen-bond acceptors (Lipinski definition) is 3. The van der Waals surface area contributed by atoms with Crippen LogP contribution >= 0.6 is 0 Å². The first-order chi connectivity index (χ1) is 9.52. The molecule has 0 aliphatic carbocycles. The minimum Gasteiger partial charge on any atom is -0.497 e. The van der Waals surface area contributed by atoms with Crippen LogP contribution < -0.4 is 4.74 Å². The smallest absolute Gasteiger partial charge is 0.336 e. The normalized spacial score (nSPS) is 10.1. The molecule has 0 aliphatic heterocycles. The van der Waals surface area contributed by atoms with E-state index in [-0.39, 0.29) is 16.7 Å². The molecule has 0 aliphatic rings. The number of methoxy groups -OCH3 is 1. The summed E-state index contributed by atoms with van der Waals surface area (Å²) in [7, 11) is 1.41. The molecule has 2 rings (SSSR count). The summed E-state index contributed by atoms with van der Waals surface area (Å²) in [5.74, 6) is -2.00. The van der Waals surface area contributed by atoms with E-state index in [1.165, 1.54) is 43.5 Å². The number of halogens is 1. The Labute approximate surface area is 114 Å². The SMILES string of the molecule is COc1ccc(C(=O)O)c(C(=O)c2cccc(F)c2)c1. The van der Waals surface area contributed by atoms with Gasteiger partial charge >= 0.3 is 5.97 Å². The lowest BCUT2D eigenvalue weighted by Gasteiger charge is -2.08. The van der Waals surface area contributed by atoms with E-state index in [0.717, 1.165) is 6.07 Å². The lowest BCUT2D eigenvalue weighted by Crippen LogP contribution is -2.10. The Morgan fingerprint density at radius 3 is 2.45 bits per heavy atom. The second kappa shape index (κ2) is 5.52. The molecule has 0 unspecified atom stereocenters. The fraction of sp³-hybridized carbons (Fsp3) is 0.0667. The fourth-order valence-electron chi connectivity index (χ4n) is 1.81. The number of ether oxygens (including phenoxy) is 1. The molecule has 0 atom stereocenters. The number of rotatable bonds is 4. The molecule has 0 aromatic heterocycles. The first-order valence-corrected chi connectivity index (χ1v) is 5.74. The molecule has 2 aromatic carbocycles. The lowest BCUT2D eigenvalue weighted by atomic mass is 9.98. The van der Waals surface area contributed by atoms with Crippen LogP contribution in [-0.2, 0) is 0 Å². The Hall–Kier alpha value is -2.69. The van der Waals surface area contributed by atoms with Gasteiger partial charge in [0.25, 0.3) is 0 Å². The highest BCUT2D eigenvalue weighted by molar-refractivity contribution is 6.14. The molecule has 0 saturated heterocycles. The number of aromatic carboxylic acids is 1. The van der Waals surface area contributed by atoms with Crippen LogP contribution in [0.4, 0.5) is 4.39 Å². The third kappa shape index (κ3) is 2.66. The molecule has 4 nitrogen and oxygen atoms in total. The number of carboxylic acids is 1. The van der Waals surface area contributed by atoms with Gasteiger partial charge in [0.15, 0.2) is 5.78 Å². The van der Waals surface area contributed by atoms with E-state index in [4.69, 9.17) is 9.84 Å². The summed E-state index contributed by atoms with van der Waals surface area (Å²) in [5.41, 5.74) is -0.108. The van der Waals surface area contributed by atoms with E-state index >= 15 is 0 Å². The number of carboxylic acid groups (broad SMARTS) is 1. The van der Waals surface area contributed by atoms with E-state index in [9.17, 15) is 14.0 Å². The fourth-order valence-corrected chi connectivity index (χ4v) is 1.81. The minimum atomic E-state index is -1.23. The third-order valence-corrected chi connectivity index (χ3v) is 2.79. The van der Waals surface area contributed by atoms with Gasteiger partial charge in [-0.3, -0.25) is 4.79 Å². The first-order valence-electron chi connectivity index (χ1n) is 5.74. The van der Waals surface area contributed by atoms with Crippen LogP contribution in [0.25, 0.3) is 0 Å². The molecule has 0 spiro atoms. The van der Waals surface area contributed by atoms with Gasteiger partial charge in [0, 0.05) is 11.1 Å². The van der Waals surface area contributed by atoms with Crippen LogP contribution in [0, 0.1) is 5.82 Å². The molecule has 0 bridgehead atoms. The summed E-state index contributed by atoms with van der Waals surface area (Å²) in [5, 5.41) is 9.11. The number of hydrogen-bond donors (Lipinski definition) is 1. The number of carbonyl (C=O) groups excluding carboxylic acids is 1. The second-order valence-corrected chi connectivity index (χ2v) is 4.06. The van der Waals surface area contributed by atoms with Gasteiger partial charge in [-0.25, -0.2) is 9.18 Å². The van der Waals surface area contributed by atoms with Crippen molar-refractivity contribution in [2.24, 2.45) is 0 Å². The quantitative estimate of drug-likeness (QED) is 0.871. The van der Waals surface area contributed by atoms with Gasteiger partial charge in [-0.2, -0.15) is 0 Å². The van der Waals surface area contributed by atoms with Crippen LogP contribution in [0.2, 0.25) is 0 Å². The van der Waals surface area contributed by atoms with Crippen molar-refractivity contribution in [1.29, 1.82) is 0 Å². The van der Waals surface area contributed by atoms with Crippen molar-refractivity contribution in [3.8, 4) is 5.75 Å². The molecule has 0 amide bonds. The van der Waals surface area contributed by atoms with Crippen LogP contribution in [0.1, 0.15) is 26.3 Å². The highest BCUT2D eigenvalue weighted by atomic mass is 19.1. The molecule has 1 N–H and O–H groups in total. The topological polar surface area (TPSA) is 63.6 Å². The monoisotopic (exact) mass is 274 g/mol. The van der Waals surface area contributed by atoms with Crippen LogP contribution in [-0.4, -0.2) is 24.0 Å². The summed E-state index contributed by atoms with van der Waals surface area (Å²) in [4.78, 5) is 23.5. The number of ketones is 1. The molecule has 0 radical (unpaired) electrons. The van der Waals surface area contributed by atoms with Gasteiger partial charge in [-0.15, -0.1) is 0 Å². The zero-order valence-electron chi connectivity index (χ0n) is 10.6. The zero-order chi connectivity index (χ0) is 14.7. The van der Waals surface area contributed by atoms with Crippen LogP contribution in [0.3, 0.4) is 0 Å². The molecule has 0 saturated carbocycles. The van der Waals surface area contributed by atoms with E-state index in [0.29, 0.717) is 5.75 Å². The Balaban J connectivity index is 2.55. The summed E-state index contributed by atoms with van der Waals surface area (Å²) >= 11 is 0. The maximum absolute atomic E-state index is 13.2. The Morgan fingerprint density at radius 2 is 1.85 bits per heavy atom. The predicted octanol–water partition coefficient (Wildman–Crippen LogP) is 2.76. The predicted molar refractivity (Wildman–Crippen MR) is 69.8 cm³/mol. The second-order valence-electron chi connectivity index (χ2n) is 4.06. The first kappa shape index (κ1) is 13.7. The van der Waals surface area contributed by atoms with Crippen molar-refractivity contribution in [2.45, 2.75) is 0 Å². The summed E-state index contributed by atoms with van der Waals surface area (Å²) < 4.78 is 18.1. The molecule has 5 heteroatoms. The van der Waals surface area contributed by atoms with Crippen molar-refractivity contribution in [3.05, 3.63) is 65.0 Å². The van der Waals surface area contributed by atoms with Gasteiger partial charge < -0.3 is 9.84 Å². The Bertz CT molecular complexity index is 679. The molecule has 0 heterocycles. The van der Waals surface area contributed by atoms with Gasteiger partial charge in [0.2, 0.25) is 0 Å². The van der Waals surface area contributed by atoms with Crippen LogP contribution in [0.15, 0.2) is 42.5 Å². The largest absolute Gasteiger partial charge is 0.497 e. The van der Waals surface area contributed by atoms with Gasteiger partial charge in [0.05, 0.1) is 12.7 Å². The molecular weight excluding hydrogens is 263 g/mol. The number of carbonyl (C=O) groups is 2. The molecule has 20 heavy (non-hydrogen) atoms.